The molecule has 1 heterocycles. The lowest BCUT2D eigenvalue weighted by Gasteiger charge is -2.35. The van der Waals surface area contributed by atoms with Crippen molar-refractivity contribution in [2.75, 3.05) is 54.1 Å². The number of carbonyl (C=O) groups is 2. The number of nitrogens with one attached hydrogen (secondary N) is 1. The molecule has 0 unspecified atom stereocenters. The van der Waals surface area contributed by atoms with Gasteiger partial charge in [-0.05, 0) is 24.6 Å². The molecule has 0 bridgehead atoms. The first-order chi connectivity index (χ1) is 13.5. The number of carbonyl (C=O) groups excluding carboxylic acids is 2. The van der Waals surface area contributed by atoms with Crippen LogP contribution in [-0.4, -0.2) is 81.9 Å². The van der Waals surface area contributed by atoms with Gasteiger partial charge in [0.05, 0.1) is 20.8 Å². The monoisotopic (exact) mass is 520 g/mol. The second kappa shape index (κ2) is 12.3. The van der Waals surface area contributed by atoms with Crippen molar-refractivity contribution in [1.82, 2.24) is 15.1 Å². The van der Waals surface area contributed by atoms with E-state index in [1.54, 1.807) is 31.0 Å². The van der Waals surface area contributed by atoms with E-state index in [4.69, 9.17) is 14.2 Å². The third kappa shape index (κ3) is 6.65. The molecular weight excluding hydrogens is 491 g/mol. The van der Waals surface area contributed by atoms with Gasteiger partial charge in [-0.3, -0.25) is 4.99 Å². The fourth-order valence-electron chi connectivity index (χ4n) is 2.96. The quantitative estimate of drug-likeness (QED) is 0.275. The van der Waals surface area contributed by atoms with Crippen LogP contribution in [0.3, 0.4) is 0 Å². The van der Waals surface area contributed by atoms with Gasteiger partial charge in [-0.2, -0.15) is 0 Å². The zero-order chi connectivity index (χ0) is 20.5. The molecule has 1 saturated heterocycles. The summed E-state index contributed by atoms with van der Waals surface area (Å²) in [5.74, 6) is 0.757. The second-order valence-corrected chi connectivity index (χ2v) is 6.10. The molecule has 2 rings (SSSR count). The highest BCUT2D eigenvalue weighted by Crippen LogP contribution is 2.20. The lowest BCUT2D eigenvalue weighted by Crippen LogP contribution is -2.53. The molecule has 0 aliphatic carbocycles. The molecular formula is C19H29IN4O5. The maximum Gasteiger partial charge on any atom is 0.409 e. The molecule has 29 heavy (non-hydrogen) atoms. The number of nitrogens with zero attached hydrogens (tertiary/aromatic N) is 3. The standard InChI is InChI=1S/C19H28N4O5.HI/c1-5-28-19(25)23-10-8-22(9-11-23)18(20-2)21-13-14-6-7-16(26-3)15(12-14)17(24)27-4;/h6-7,12H,5,8-11,13H2,1-4H3,(H,20,21);1H. The van der Waals surface area contributed by atoms with Crippen LogP contribution in [-0.2, 0) is 16.0 Å². The summed E-state index contributed by atoms with van der Waals surface area (Å²) in [7, 11) is 4.57. The Bertz CT molecular complexity index is 721. The van der Waals surface area contributed by atoms with Gasteiger partial charge in [-0.1, -0.05) is 6.07 Å². The predicted octanol–water partition coefficient (Wildman–Crippen LogP) is 1.95. The maximum absolute atomic E-state index is 11.9. The largest absolute Gasteiger partial charge is 0.496 e. The van der Waals surface area contributed by atoms with Crippen LogP contribution in [0.15, 0.2) is 23.2 Å². The normalized spacial score (nSPS) is 14.0. The van der Waals surface area contributed by atoms with Crippen molar-refractivity contribution in [1.29, 1.82) is 0 Å². The van der Waals surface area contributed by atoms with Crippen LogP contribution in [0.2, 0.25) is 0 Å². The van der Waals surface area contributed by atoms with Crippen molar-refractivity contribution in [3.8, 4) is 5.75 Å². The van der Waals surface area contributed by atoms with E-state index in [1.807, 2.05) is 6.07 Å². The Balaban J connectivity index is 0.00000420. The van der Waals surface area contributed by atoms with E-state index in [9.17, 15) is 9.59 Å². The third-order valence-corrected chi connectivity index (χ3v) is 4.44. The first-order valence-electron chi connectivity index (χ1n) is 9.16. The van der Waals surface area contributed by atoms with Crippen LogP contribution in [0.25, 0.3) is 0 Å². The molecule has 1 aromatic rings. The number of hydrogen-bond acceptors (Lipinski definition) is 6. The van der Waals surface area contributed by atoms with Gasteiger partial charge >= 0.3 is 12.1 Å². The average molecular weight is 520 g/mol. The topological polar surface area (TPSA) is 92.7 Å². The van der Waals surface area contributed by atoms with Crippen LogP contribution >= 0.6 is 24.0 Å². The molecule has 162 valence electrons. The first kappa shape index (κ1) is 24.8. The van der Waals surface area contributed by atoms with E-state index in [2.05, 4.69) is 15.2 Å². The minimum atomic E-state index is -0.446. The number of guanidine groups is 1. The Morgan fingerprint density at radius 3 is 2.34 bits per heavy atom. The van der Waals surface area contributed by atoms with Crippen molar-refractivity contribution in [2.45, 2.75) is 13.5 Å². The summed E-state index contributed by atoms with van der Waals surface area (Å²) in [6.45, 7) is 5.13. The highest BCUT2D eigenvalue weighted by atomic mass is 127. The lowest BCUT2D eigenvalue weighted by atomic mass is 10.1. The minimum absolute atomic E-state index is 0. The van der Waals surface area contributed by atoms with Crippen molar-refractivity contribution in [3.05, 3.63) is 29.3 Å². The fourth-order valence-corrected chi connectivity index (χ4v) is 2.96. The zero-order valence-electron chi connectivity index (χ0n) is 17.3. The van der Waals surface area contributed by atoms with E-state index >= 15 is 0 Å². The molecule has 1 amide bonds. The van der Waals surface area contributed by atoms with Crippen molar-refractivity contribution in [3.63, 3.8) is 0 Å². The first-order valence-corrected chi connectivity index (χ1v) is 9.16. The van der Waals surface area contributed by atoms with Gasteiger partial charge in [-0.25, -0.2) is 9.59 Å². The van der Waals surface area contributed by atoms with Gasteiger partial charge < -0.3 is 29.3 Å². The smallest absolute Gasteiger partial charge is 0.409 e. The number of piperazine rings is 1. The van der Waals surface area contributed by atoms with E-state index in [1.165, 1.54) is 14.2 Å². The molecule has 0 aromatic heterocycles. The number of amides is 1. The fraction of sp³-hybridized carbons (Fsp3) is 0.526. The Kier molecular flexibility index (Phi) is 10.6. The molecule has 1 fully saturated rings. The Morgan fingerprint density at radius 2 is 1.79 bits per heavy atom. The number of ether oxygens (including phenoxy) is 3. The van der Waals surface area contributed by atoms with E-state index in [0.717, 1.165) is 11.5 Å². The summed E-state index contributed by atoms with van der Waals surface area (Å²) in [5.41, 5.74) is 1.27. The molecule has 1 aliphatic heterocycles. The third-order valence-electron chi connectivity index (χ3n) is 4.44. The number of methoxy groups -OCH3 is 2. The average Bonchev–Trinajstić information content (AvgIpc) is 2.74. The molecule has 0 spiro atoms. The molecule has 9 nitrogen and oxygen atoms in total. The Hall–Kier alpha value is -2.24. The van der Waals surface area contributed by atoms with Gasteiger partial charge in [0.15, 0.2) is 5.96 Å². The summed E-state index contributed by atoms with van der Waals surface area (Å²) < 4.78 is 15.1. The number of esters is 1. The molecule has 1 aromatic carbocycles. The van der Waals surface area contributed by atoms with Gasteiger partial charge in [0, 0.05) is 39.8 Å². The predicted molar refractivity (Wildman–Crippen MR) is 120 cm³/mol. The van der Waals surface area contributed by atoms with Gasteiger partial charge in [-0.15, -0.1) is 24.0 Å². The number of aliphatic imine (C=N–C) groups is 1. The number of benzene rings is 1. The van der Waals surface area contributed by atoms with E-state index in [-0.39, 0.29) is 30.1 Å². The SMILES string of the molecule is CCOC(=O)N1CCN(C(=NC)NCc2ccc(OC)c(C(=O)OC)c2)CC1.I. The second-order valence-electron chi connectivity index (χ2n) is 6.10. The van der Waals surface area contributed by atoms with E-state index < -0.39 is 5.97 Å². The van der Waals surface area contributed by atoms with Gasteiger partial charge in [0.25, 0.3) is 0 Å². The highest BCUT2D eigenvalue weighted by molar-refractivity contribution is 14.0. The van der Waals surface area contributed by atoms with Gasteiger partial charge in [0.2, 0.25) is 0 Å². The number of rotatable bonds is 5. The van der Waals surface area contributed by atoms with Crippen molar-refractivity contribution in [2.24, 2.45) is 4.99 Å². The number of halogens is 1. The summed E-state index contributed by atoms with van der Waals surface area (Å²) in [6.07, 6.45) is -0.279. The summed E-state index contributed by atoms with van der Waals surface area (Å²) in [6, 6.07) is 5.36. The molecule has 0 saturated carbocycles. The van der Waals surface area contributed by atoms with Crippen LogP contribution in [0.4, 0.5) is 4.79 Å². The van der Waals surface area contributed by atoms with Crippen molar-refractivity contribution < 1.29 is 23.8 Å². The van der Waals surface area contributed by atoms with Crippen LogP contribution < -0.4 is 10.1 Å². The van der Waals surface area contributed by atoms with E-state index in [0.29, 0.717) is 50.6 Å². The summed E-state index contributed by atoms with van der Waals surface area (Å²) in [5, 5.41) is 3.29. The Morgan fingerprint density at radius 1 is 1.14 bits per heavy atom. The maximum atomic E-state index is 11.9. The number of hydrogen-bond donors (Lipinski definition) is 1. The zero-order valence-corrected chi connectivity index (χ0v) is 19.6. The Labute approximate surface area is 188 Å². The van der Waals surface area contributed by atoms with Crippen molar-refractivity contribution >= 4 is 42.0 Å². The highest BCUT2D eigenvalue weighted by Gasteiger charge is 2.23. The lowest BCUT2D eigenvalue weighted by molar-refractivity contribution is 0.0596. The molecule has 0 atom stereocenters. The summed E-state index contributed by atoms with van der Waals surface area (Å²) in [4.78, 5) is 31.8. The van der Waals surface area contributed by atoms with Crippen LogP contribution in [0.1, 0.15) is 22.8 Å². The van der Waals surface area contributed by atoms with Gasteiger partial charge in [0.1, 0.15) is 11.3 Å². The molecule has 1 aliphatic rings. The van der Waals surface area contributed by atoms with Crippen LogP contribution in [0, 0.1) is 0 Å². The molecule has 1 N–H and O–H groups in total. The summed E-state index contributed by atoms with van der Waals surface area (Å²) >= 11 is 0. The molecule has 10 heteroatoms. The molecule has 0 radical (unpaired) electrons. The van der Waals surface area contributed by atoms with Crippen LogP contribution in [0.5, 0.6) is 5.75 Å². The minimum Gasteiger partial charge on any atom is -0.496 e.